The first kappa shape index (κ1) is 14.4. The maximum Gasteiger partial charge on any atom is 0.176 e. The molecule has 7 nitrogen and oxygen atoms in total. The van der Waals surface area contributed by atoms with Crippen LogP contribution >= 0.6 is 0 Å². The Labute approximate surface area is 113 Å². The van der Waals surface area contributed by atoms with Crippen LogP contribution in [0.4, 0.5) is 0 Å². The molecule has 1 saturated heterocycles. The van der Waals surface area contributed by atoms with Crippen LogP contribution in [0.25, 0.3) is 0 Å². The van der Waals surface area contributed by atoms with Gasteiger partial charge in [0.1, 0.15) is 0 Å². The molecule has 108 valence electrons. The predicted molar refractivity (Wildman–Crippen MR) is 71.3 cm³/mol. The molecule has 1 N–H and O–H groups in total. The molecule has 2 atom stereocenters. The van der Waals surface area contributed by atoms with Crippen LogP contribution < -0.4 is 5.32 Å². The minimum Gasteiger partial charge on any atom is -0.314 e. The van der Waals surface area contributed by atoms with Crippen LogP contribution in [0.2, 0.25) is 0 Å². The molecular formula is C11H21N5O2S. The van der Waals surface area contributed by atoms with Gasteiger partial charge >= 0.3 is 0 Å². The quantitative estimate of drug-likeness (QED) is 0.762. The second-order valence-electron chi connectivity index (χ2n) is 5.16. The number of aromatic nitrogens is 4. The third kappa shape index (κ3) is 4.24. The summed E-state index contributed by atoms with van der Waals surface area (Å²) in [5.41, 5.74) is 0. The Bertz CT molecular complexity index is 513. The summed E-state index contributed by atoms with van der Waals surface area (Å²) in [7, 11) is -1.06. The lowest BCUT2D eigenvalue weighted by molar-refractivity contribution is 0.404. The van der Waals surface area contributed by atoms with Crippen molar-refractivity contribution in [2.45, 2.75) is 32.2 Å². The Kier molecular flexibility index (Phi) is 4.51. The van der Waals surface area contributed by atoms with Crippen LogP contribution in [0.1, 0.15) is 25.6 Å². The lowest BCUT2D eigenvalue weighted by Gasteiger charge is -2.19. The Hall–Kier alpha value is -1.02. The van der Waals surface area contributed by atoms with E-state index in [9.17, 15) is 8.42 Å². The molecule has 1 aliphatic rings. The molecule has 0 amide bonds. The molecule has 0 spiro atoms. The van der Waals surface area contributed by atoms with E-state index in [2.05, 4.69) is 20.7 Å². The van der Waals surface area contributed by atoms with E-state index in [1.807, 2.05) is 6.92 Å². The van der Waals surface area contributed by atoms with Gasteiger partial charge in [-0.3, -0.25) is 0 Å². The molecule has 1 fully saturated rings. The van der Waals surface area contributed by atoms with Crippen molar-refractivity contribution in [2.75, 3.05) is 18.1 Å². The van der Waals surface area contributed by atoms with Crippen LogP contribution in [0.3, 0.4) is 0 Å². The summed E-state index contributed by atoms with van der Waals surface area (Å²) >= 11 is 0. The molecule has 1 aromatic rings. The number of aryl methyl sites for hydroxylation is 1. The number of likely N-dealkylation sites (N-methyl/N-ethyl adjacent to an activating group) is 1. The molecule has 0 aliphatic carbocycles. The molecular weight excluding hydrogens is 266 g/mol. The summed E-state index contributed by atoms with van der Waals surface area (Å²) in [6, 6.07) is 0.215. The van der Waals surface area contributed by atoms with E-state index in [0.29, 0.717) is 23.8 Å². The van der Waals surface area contributed by atoms with Crippen molar-refractivity contribution in [3.63, 3.8) is 0 Å². The molecule has 2 rings (SSSR count). The fourth-order valence-corrected chi connectivity index (χ4v) is 4.49. The van der Waals surface area contributed by atoms with Gasteiger partial charge in [-0.2, -0.15) is 4.80 Å². The molecule has 2 unspecified atom stereocenters. The number of tetrazole rings is 1. The van der Waals surface area contributed by atoms with Crippen LogP contribution in [-0.2, 0) is 23.3 Å². The minimum absolute atomic E-state index is 0.215. The highest BCUT2D eigenvalue weighted by Crippen LogP contribution is 2.23. The first-order valence-electron chi connectivity index (χ1n) is 6.65. The monoisotopic (exact) mass is 287 g/mol. The van der Waals surface area contributed by atoms with E-state index in [4.69, 9.17) is 0 Å². The Balaban J connectivity index is 1.93. The highest BCUT2D eigenvalue weighted by Gasteiger charge is 2.30. The number of nitrogens with one attached hydrogen (secondary N) is 1. The molecule has 0 radical (unpaired) electrons. The number of sulfone groups is 1. The van der Waals surface area contributed by atoms with Crippen molar-refractivity contribution in [3.05, 3.63) is 5.82 Å². The van der Waals surface area contributed by atoms with E-state index >= 15 is 0 Å². The van der Waals surface area contributed by atoms with E-state index in [1.165, 1.54) is 4.80 Å². The maximum absolute atomic E-state index is 11.5. The van der Waals surface area contributed by atoms with Gasteiger partial charge in [0, 0.05) is 12.5 Å². The minimum atomic E-state index is -2.80. The lowest BCUT2D eigenvalue weighted by Crippen LogP contribution is -2.33. The summed E-state index contributed by atoms with van der Waals surface area (Å²) in [6.45, 7) is 2.90. The third-order valence-electron chi connectivity index (χ3n) is 3.42. The Morgan fingerprint density at radius 2 is 2.32 bits per heavy atom. The van der Waals surface area contributed by atoms with E-state index in [0.717, 1.165) is 19.4 Å². The topological polar surface area (TPSA) is 89.8 Å². The fourth-order valence-electron chi connectivity index (χ4n) is 2.61. The average Bonchev–Trinajstić information content (AvgIpc) is 2.85. The highest BCUT2D eigenvalue weighted by atomic mass is 32.2. The van der Waals surface area contributed by atoms with Gasteiger partial charge in [0.25, 0.3) is 0 Å². The SMILES string of the molecule is CCNC(Cc1nnn(C)n1)CC1CCS(=O)(=O)C1. The second kappa shape index (κ2) is 5.96. The zero-order valence-electron chi connectivity index (χ0n) is 11.4. The summed E-state index contributed by atoms with van der Waals surface area (Å²) in [5.74, 6) is 1.61. The largest absolute Gasteiger partial charge is 0.314 e. The molecule has 1 aliphatic heterocycles. The highest BCUT2D eigenvalue weighted by molar-refractivity contribution is 7.91. The van der Waals surface area contributed by atoms with Crippen LogP contribution in [-0.4, -0.2) is 52.7 Å². The molecule has 0 bridgehead atoms. The van der Waals surface area contributed by atoms with Gasteiger partial charge < -0.3 is 5.32 Å². The van der Waals surface area contributed by atoms with Crippen molar-refractivity contribution >= 4 is 9.84 Å². The number of rotatable bonds is 6. The van der Waals surface area contributed by atoms with Gasteiger partial charge in [-0.05, 0) is 30.5 Å². The van der Waals surface area contributed by atoms with Gasteiger partial charge in [-0.25, -0.2) is 8.42 Å². The third-order valence-corrected chi connectivity index (χ3v) is 5.25. The molecule has 19 heavy (non-hydrogen) atoms. The van der Waals surface area contributed by atoms with Gasteiger partial charge in [0.05, 0.1) is 18.6 Å². The fraction of sp³-hybridized carbons (Fsp3) is 0.909. The lowest BCUT2D eigenvalue weighted by atomic mass is 9.97. The van der Waals surface area contributed by atoms with Crippen LogP contribution in [0.5, 0.6) is 0 Å². The molecule has 8 heteroatoms. The van der Waals surface area contributed by atoms with Crippen LogP contribution in [0, 0.1) is 5.92 Å². The maximum atomic E-state index is 11.5. The normalized spacial score (nSPS) is 23.6. The van der Waals surface area contributed by atoms with E-state index in [1.54, 1.807) is 7.05 Å². The summed E-state index contributed by atoms with van der Waals surface area (Å²) in [5, 5.41) is 15.4. The number of hydrogen-bond donors (Lipinski definition) is 1. The molecule has 1 aromatic heterocycles. The Morgan fingerprint density at radius 1 is 1.53 bits per heavy atom. The summed E-state index contributed by atoms with van der Waals surface area (Å²) in [4.78, 5) is 1.44. The smallest absolute Gasteiger partial charge is 0.176 e. The van der Waals surface area contributed by atoms with Crippen molar-refractivity contribution in [2.24, 2.45) is 13.0 Å². The summed E-state index contributed by atoms with van der Waals surface area (Å²) < 4.78 is 23.0. The number of nitrogens with zero attached hydrogens (tertiary/aromatic N) is 4. The Morgan fingerprint density at radius 3 is 2.84 bits per heavy atom. The van der Waals surface area contributed by atoms with Crippen molar-refractivity contribution in [3.8, 4) is 0 Å². The van der Waals surface area contributed by atoms with Crippen molar-refractivity contribution < 1.29 is 8.42 Å². The zero-order chi connectivity index (χ0) is 13.9. The zero-order valence-corrected chi connectivity index (χ0v) is 12.2. The predicted octanol–water partition coefficient (Wildman–Crippen LogP) is -0.444. The standard InChI is InChI=1S/C11H21N5O2S/c1-3-12-10(7-11-13-15-16(2)14-11)6-9-4-5-19(17,18)8-9/h9-10,12H,3-8H2,1-2H3. The van der Waals surface area contributed by atoms with Gasteiger partial charge in [0.15, 0.2) is 15.7 Å². The van der Waals surface area contributed by atoms with E-state index < -0.39 is 9.84 Å². The molecule has 0 saturated carbocycles. The second-order valence-corrected chi connectivity index (χ2v) is 7.39. The number of hydrogen-bond acceptors (Lipinski definition) is 6. The van der Waals surface area contributed by atoms with E-state index in [-0.39, 0.29) is 12.0 Å². The average molecular weight is 287 g/mol. The summed E-state index contributed by atoms with van der Waals surface area (Å²) in [6.07, 6.45) is 2.32. The first-order chi connectivity index (χ1) is 8.98. The molecule has 0 aromatic carbocycles. The molecule has 2 heterocycles. The van der Waals surface area contributed by atoms with Gasteiger partial charge in [-0.15, -0.1) is 10.2 Å². The van der Waals surface area contributed by atoms with Gasteiger partial charge in [0.2, 0.25) is 0 Å². The van der Waals surface area contributed by atoms with Crippen molar-refractivity contribution in [1.82, 2.24) is 25.5 Å². The van der Waals surface area contributed by atoms with Crippen molar-refractivity contribution in [1.29, 1.82) is 0 Å². The first-order valence-corrected chi connectivity index (χ1v) is 8.47. The van der Waals surface area contributed by atoms with Crippen LogP contribution in [0.15, 0.2) is 0 Å². The van der Waals surface area contributed by atoms with Gasteiger partial charge in [-0.1, -0.05) is 6.92 Å².